The Morgan fingerprint density at radius 2 is 1.84 bits per heavy atom. The van der Waals surface area contributed by atoms with Crippen LogP contribution in [0.2, 0.25) is 5.02 Å². The number of rotatable bonds is 5. The van der Waals surface area contributed by atoms with E-state index < -0.39 is 10.0 Å². The summed E-state index contributed by atoms with van der Waals surface area (Å²) in [6.45, 7) is 3.36. The van der Waals surface area contributed by atoms with E-state index in [0.717, 1.165) is 32.4 Å². The summed E-state index contributed by atoms with van der Waals surface area (Å²) in [5.74, 6) is 0.00686. The fourth-order valence-corrected chi connectivity index (χ4v) is 5.92. The van der Waals surface area contributed by atoms with E-state index in [1.165, 1.54) is 17.5 Å². The van der Waals surface area contributed by atoms with Gasteiger partial charge < -0.3 is 9.47 Å². The van der Waals surface area contributed by atoms with Crippen LogP contribution in [0, 0.1) is 6.92 Å². The van der Waals surface area contributed by atoms with Crippen molar-refractivity contribution in [2.24, 2.45) is 7.05 Å². The quantitative estimate of drug-likeness (QED) is 0.583. The van der Waals surface area contributed by atoms with E-state index in [1.54, 1.807) is 41.9 Å². The van der Waals surface area contributed by atoms with E-state index in [0.29, 0.717) is 32.0 Å². The van der Waals surface area contributed by atoms with Gasteiger partial charge in [0, 0.05) is 37.0 Å². The van der Waals surface area contributed by atoms with Crippen molar-refractivity contribution < 1.29 is 13.2 Å². The number of hydrogen-bond acceptors (Lipinski definition) is 5. The lowest BCUT2D eigenvalue weighted by molar-refractivity contribution is 0.0728. The standard InChI is InChI=1S/C21H23ClN4O3S2/c1-14-19(21(27)26-10-4-3-5-11-26)30-20(23-14)18-12-17(13-25(18)2)31(28,29)24-16-8-6-15(22)7-9-16/h6-9,12-13,24H,3-5,10-11H2,1-2H3. The molecule has 1 saturated heterocycles. The largest absolute Gasteiger partial charge is 0.347 e. The average molecular weight is 479 g/mol. The molecule has 0 radical (unpaired) electrons. The normalized spacial score (nSPS) is 14.6. The molecule has 1 aromatic carbocycles. The van der Waals surface area contributed by atoms with Crippen molar-refractivity contribution in [2.45, 2.75) is 31.1 Å². The maximum Gasteiger partial charge on any atom is 0.265 e. The van der Waals surface area contributed by atoms with Gasteiger partial charge in [-0.25, -0.2) is 13.4 Å². The zero-order valence-electron chi connectivity index (χ0n) is 17.3. The number of hydrogen-bond donors (Lipinski definition) is 1. The molecule has 0 unspecified atom stereocenters. The summed E-state index contributed by atoms with van der Waals surface area (Å²) in [5.41, 5.74) is 1.73. The second-order valence-electron chi connectivity index (χ2n) is 7.57. The Morgan fingerprint density at radius 1 is 1.16 bits per heavy atom. The van der Waals surface area contributed by atoms with Gasteiger partial charge in [-0.2, -0.15) is 0 Å². The Bertz CT molecular complexity index is 1210. The summed E-state index contributed by atoms with van der Waals surface area (Å²) < 4.78 is 29.9. The predicted molar refractivity (Wildman–Crippen MR) is 123 cm³/mol. The SMILES string of the molecule is Cc1nc(-c2cc(S(=O)(=O)Nc3ccc(Cl)cc3)cn2C)sc1C(=O)N1CCCCC1. The summed E-state index contributed by atoms with van der Waals surface area (Å²) in [7, 11) is -2.02. The van der Waals surface area contributed by atoms with E-state index in [4.69, 9.17) is 11.6 Å². The number of aromatic nitrogens is 2. The molecule has 1 N–H and O–H groups in total. The van der Waals surface area contributed by atoms with Gasteiger partial charge in [-0.05, 0) is 56.5 Å². The number of nitrogens with zero attached hydrogens (tertiary/aromatic N) is 3. The molecule has 7 nitrogen and oxygen atoms in total. The van der Waals surface area contributed by atoms with Crippen LogP contribution in [0.25, 0.3) is 10.7 Å². The number of benzene rings is 1. The highest BCUT2D eigenvalue weighted by Crippen LogP contribution is 2.32. The molecule has 0 spiro atoms. The third kappa shape index (κ3) is 4.63. The van der Waals surface area contributed by atoms with E-state index in [-0.39, 0.29) is 10.8 Å². The fourth-order valence-electron chi connectivity index (χ4n) is 3.57. The molecule has 164 valence electrons. The van der Waals surface area contributed by atoms with Gasteiger partial charge in [0.05, 0.1) is 11.4 Å². The Labute approximate surface area is 190 Å². The molecule has 1 aliphatic rings. The summed E-state index contributed by atoms with van der Waals surface area (Å²) in [5, 5.41) is 1.15. The second kappa shape index (κ2) is 8.64. The van der Waals surface area contributed by atoms with Crippen LogP contribution in [0.5, 0.6) is 0 Å². The van der Waals surface area contributed by atoms with Gasteiger partial charge in [0.2, 0.25) is 0 Å². The molecule has 3 heterocycles. The fraction of sp³-hybridized carbons (Fsp3) is 0.333. The number of anilines is 1. The van der Waals surface area contributed by atoms with Crippen molar-refractivity contribution in [3.8, 4) is 10.7 Å². The third-order valence-electron chi connectivity index (χ3n) is 5.24. The highest BCUT2D eigenvalue weighted by Gasteiger charge is 2.25. The van der Waals surface area contributed by atoms with Crippen LogP contribution in [0.3, 0.4) is 0 Å². The maximum atomic E-state index is 12.9. The molecule has 1 fully saturated rings. The highest BCUT2D eigenvalue weighted by atomic mass is 35.5. The molecule has 1 aliphatic heterocycles. The molecule has 4 rings (SSSR count). The number of carbonyl (C=O) groups excluding carboxylic acids is 1. The first kappa shape index (κ1) is 21.9. The van der Waals surface area contributed by atoms with Gasteiger partial charge >= 0.3 is 0 Å². The van der Waals surface area contributed by atoms with Gasteiger partial charge in [0.15, 0.2) is 0 Å². The van der Waals surface area contributed by atoms with Crippen LogP contribution in [0.4, 0.5) is 5.69 Å². The monoisotopic (exact) mass is 478 g/mol. The van der Waals surface area contributed by atoms with E-state index >= 15 is 0 Å². The minimum absolute atomic E-state index is 0.00686. The molecule has 10 heteroatoms. The first-order chi connectivity index (χ1) is 14.7. The lowest BCUT2D eigenvalue weighted by Crippen LogP contribution is -2.35. The van der Waals surface area contributed by atoms with E-state index in [9.17, 15) is 13.2 Å². The van der Waals surface area contributed by atoms with Crippen molar-refractivity contribution in [2.75, 3.05) is 17.8 Å². The zero-order valence-corrected chi connectivity index (χ0v) is 19.6. The topological polar surface area (TPSA) is 84.3 Å². The zero-order chi connectivity index (χ0) is 22.2. The van der Waals surface area contributed by atoms with Crippen LogP contribution >= 0.6 is 22.9 Å². The number of aryl methyl sites for hydroxylation is 2. The predicted octanol–water partition coefficient (Wildman–Crippen LogP) is 4.54. The number of sulfonamides is 1. The van der Waals surface area contributed by atoms with Crippen LogP contribution in [0.1, 0.15) is 34.6 Å². The molecule has 0 atom stereocenters. The molecule has 3 aromatic rings. The van der Waals surface area contributed by atoms with Crippen molar-refractivity contribution in [3.63, 3.8) is 0 Å². The van der Waals surface area contributed by atoms with Crippen LogP contribution < -0.4 is 4.72 Å². The van der Waals surface area contributed by atoms with Gasteiger partial charge in [-0.3, -0.25) is 9.52 Å². The molecule has 2 aromatic heterocycles. The smallest absolute Gasteiger partial charge is 0.265 e. The number of nitrogens with one attached hydrogen (secondary N) is 1. The Kier molecular flexibility index (Phi) is 6.09. The number of thiazole rings is 1. The summed E-state index contributed by atoms with van der Waals surface area (Å²) in [4.78, 5) is 20.1. The van der Waals surface area contributed by atoms with Crippen LogP contribution in [-0.4, -0.2) is 41.9 Å². The number of carbonyl (C=O) groups is 1. The van der Waals surface area contributed by atoms with Crippen molar-refractivity contribution in [3.05, 3.63) is 52.1 Å². The van der Waals surface area contributed by atoms with Gasteiger partial charge in [0.1, 0.15) is 14.8 Å². The molecule has 0 bridgehead atoms. The van der Waals surface area contributed by atoms with Gasteiger partial charge in [-0.15, -0.1) is 11.3 Å². The molecular formula is C21H23ClN4O3S2. The maximum absolute atomic E-state index is 12.9. The minimum atomic E-state index is -3.78. The molecule has 0 aliphatic carbocycles. The van der Waals surface area contributed by atoms with Crippen LogP contribution in [-0.2, 0) is 17.1 Å². The number of halogens is 1. The van der Waals surface area contributed by atoms with Crippen molar-refractivity contribution in [1.82, 2.24) is 14.5 Å². The number of piperidine rings is 1. The molecule has 31 heavy (non-hydrogen) atoms. The van der Waals surface area contributed by atoms with Gasteiger partial charge in [0.25, 0.3) is 15.9 Å². The third-order valence-corrected chi connectivity index (χ3v) is 8.01. The summed E-state index contributed by atoms with van der Waals surface area (Å²) >= 11 is 7.17. The lowest BCUT2D eigenvalue weighted by atomic mass is 10.1. The molecule has 1 amide bonds. The second-order valence-corrected chi connectivity index (χ2v) is 10.7. The van der Waals surface area contributed by atoms with Crippen molar-refractivity contribution in [1.29, 1.82) is 0 Å². The first-order valence-electron chi connectivity index (χ1n) is 9.96. The number of amides is 1. The average Bonchev–Trinajstić information content (AvgIpc) is 3.33. The van der Waals surface area contributed by atoms with E-state index in [2.05, 4.69) is 9.71 Å². The summed E-state index contributed by atoms with van der Waals surface area (Å²) in [6.07, 6.45) is 4.74. The molecule has 0 saturated carbocycles. The van der Waals surface area contributed by atoms with Gasteiger partial charge in [-0.1, -0.05) is 11.6 Å². The Balaban J connectivity index is 1.60. The first-order valence-corrected chi connectivity index (χ1v) is 12.6. The Hall–Kier alpha value is -2.36. The summed E-state index contributed by atoms with van der Waals surface area (Å²) in [6, 6.07) is 8.02. The highest BCUT2D eigenvalue weighted by molar-refractivity contribution is 7.92. The van der Waals surface area contributed by atoms with Crippen molar-refractivity contribution >= 4 is 44.6 Å². The Morgan fingerprint density at radius 3 is 2.52 bits per heavy atom. The minimum Gasteiger partial charge on any atom is -0.347 e. The number of likely N-dealkylation sites (tertiary alicyclic amines) is 1. The van der Waals surface area contributed by atoms with E-state index in [1.807, 2.05) is 11.8 Å². The molecular weight excluding hydrogens is 456 g/mol. The lowest BCUT2D eigenvalue weighted by Gasteiger charge is -2.26. The van der Waals surface area contributed by atoms with Crippen LogP contribution in [0.15, 0.2) is 41.4 Å².